The number of nitrogens with one attached hydrogen (secondary N) is 1. The van der Waals surface area contributed by atoms with E-state index in [9.17, 15) is 9.18 Å². The van der Waals surface area contributed by atoms with Crippen molar-refractivity contribution in [1.82, 2.24) is 4.98 Å². The summed E-state index contributed by atoms with van der Waals surface area (Å²) in [4.78, 5) is 18.7. The molecule has 5 nitrogen and oxygen atoms in total. The lowest BCUT2D eigenvalue weighted by Crippen LogP contribution is -2.38. The molecule has 1 aromatic heterocycles. The number of carbonyl (C=O) groups is 1. The number of benzene rings is 1. The summed E-state index contributed by atoms with van der Waals surface area (Å²) in [5.74, 6) is 0.404. The highest BCUT2D eigenvalue weighted by Crippen LogP contribution is 2.23. The SMILES string of the molecule is N#Cc1ccc(N2CCC(C(=O)Nc3ccc(F)cc3)CC2)nc1. The lowest BCUT2D eigenvalue weighted by atomic mass is 9.95. The van der Waals surface area contributed by atoms with Gasteiger partial charge in [-0.3, -0.25) is 4.79 Å². The Balaban J connectivity index is 1.55. The summed E-state index contributed by atoms with van der Waals surface area (Å²) in [5.41, 5.74) is 1.14. The molecule has 0 aliphatic carbocycles. The van der Waals surface area contributed by atoms with Crippen molar-refractivity contribution in [2.24, 2.45) is 5.92 Å². The molecule has 0 unspecified atom stereocenters. The lowest BCUT2D eigenvalue weighted by molar-refractivity contribution is -0.120. The van der Waals surface area contributed by atoms with Gasteiger partial charge in [-0.15, -0.1) is 0 Å². The molecule has 1 aromatic carbocycles. The van der Waals surface area contributed by atoms with Gasteiger partial charge in [0.1, 0.15) is 17.7 Å². The van der Waals surface area contributed by atoms with Crippen LogP contribution in [0.25, 0.3) is 0 Å². The first kappa shape index (κ1) is 15.9. The van der Waals surface area contributed by atoms with Crippen molar-refractivity contribution in [3.63, 3.8) is 0 Å². The minimum absolute atomic E-state index is 0.0333. The van der Waals surface area contributed by atoms with Gasteiger partial charge in [0.25, 0.3) is 0 Å². The van der Waals surface area contributed by atoms with Crippen molar-refractivity contribution in [3.05, 3.63) is 54.0 Å². The van der Waals surface area contributed by atoms with E-state index in [-0.39, 0.29) is 17.6 Å². The number of halogens is 1. The van der Waals surface area contributed by atoms with Gasteiger partial charge in [-0.05, 0) is 49.2 Å². The lowest BCUT2D eigenvalue weighted by Gasteiger charge is -2.32. The van der Waals surface area contributed by atoms with E-state index in [4.69, 9.17) is 5.26 Å². The van der Waals surface area contributed by atoms with Gasteiger partial charge in [0.15, 0.2) is 0 Å². The summed E-state index contributed by atoms with van der Waals surface area (Å²) in [6.45, 7) is 1.47. The van der Waals surface area contributed by atoms with Crippen LogP contribution in [0, 0.1) is 23.1 Å². The topological polar surface area (TPSA) is 69.0 Å². The van der Waals surface area contributed by atoms with Crippen LogP contribution in [0.4, 0.5) is 15.9 Å². The molecule has 1 fully saturated rings. The third-order valence-electron chi connectivity index (χ3n) is 4.18. The zero-order valence-electron chi connectivity index (χ0n) is 13.1. The quantitative estimate of drug-likeness (QED) is 0.942. The molecule has 0 radical (unpaired) electrons. The predicted octanol–water partition coefficient (Wildman–Crippen LogP) is 2.95. The Hall–Kier alpha value is -2.94. The van der Waals surface area contributed by atoms with E-state index in [0.29, 0.717) is 11.3 Å². The molecule has 0 atom stereocenters. The van der Waals surface area contributed by atoms with E-state index < -0.39 is 0 Å². The largest absolute Gasteiger partial charge is 0.357 e. The average molecular weight is 324 g/mol. The molecule has 3 rings (SSSR count). The van der Waals surface area contributed by atoms with E-state index in [1.807, 2.05) is 12.1 Å². The predicted molar refractivity (Wildman–Crippen MR) is 88.9 cm³/mol. The van der Waals surface area contributed by atoms with Gasteiger partial charge in [0, 0.05) is 30.9 Å². The number of hydrogen-bond donors (Lipinski definition) is 1. The van der Waals surface area contributed by atoms with Crippen LogP contribution >= 0.6 is 0 Å². The third kappa shape index (κ3) is 3.69. The Bertz CT molecular complexity index is 744. The number of amides is 1. The maximum Gasteiger partial charge on any atom is 0.227 e. The Labute approximate surface area is 139 Å². The second-order valence-electron chi connectivity index (χ2n) is 5.77. The average Bonchev–Trinajstić information content (AvgIpc) is 2.64. The molecule has 2 aromatic rings. The number of aromatic nitrogens is 1. The van der Waals surface area contributed by atoms with Crippen molar-refractivity contribution < 1.29 is 9.18 Å². The van der Waals surface area contributed by atoms with Gasteiger partial charge in [-0.1, -0.05) is 0 Å². The smallest absolute Gasteiger partial charge is 0.227 e. The molecule has 1 amide bonds. The number of carbonyl (C=O) groups excluding carboxylic acids is 1. The number of hydrogen-bond acceptors (Lipinski definition) is 4. The van der Waals surface area contributed by atoms with Crippen molar-refractivity contribution in [2.45, 2.75) is 12.8 Å². The second-order valence-corrected chi connectivity index (χ2v) is 5.77. The number of piperidine rings is 1. The summed E-state index contributed by atoms with van der Waals surface area (Å²) in [6.07, 6.45) is 3.02. The summed E-state index contributed by atoms with van der Waals surface area (Å²) < 4.78 is 12.9. The molecule has 0 spiro atoms. The number of nitriles is 1. The number of pyridine rings is 1. The van der Waals surface area contributed by atoms with Crippen LogP contribution in [0.3, 0.4) is 0 Å². The van der Waals surface area contributed by atoms with Gasteiger partial charge in [-0.25, -0.2) is 9.37 Å². The Kier molecular flexibility index (Phi) is 4.71. The summed E-state index contributed by atoms with van der Waals surface area (Å²) in [7, 11) is 0. The number of nitrogens with zero attached hydrogens (tertiary/aromatic N) is 3. The van der Waals surface area contributed by atoms with Crippen LogP contribution in [-0.2, 0) is 4.79 Å². The standard InChI is InChI=1S/C18H17FN4O/c19-15-2-4-16(5-3-15)22-18(24)14-7-9-23(10-8-14)17-6-1-13(11-20)12-21-17/h1-6,12,14H,7-10H2,(H,22,24). The van der Waals surface area contributed by atoms with Crippen molar-refractivity contribution in [1.29, 1.82) is 5.26 Å². The Morgan fingerprint density at radius 3 is 2.50 bits per heavy atom. The van der Waals surface area contributed by atoms with Crippen molar-refractivity contribution in [3.8, 4) is 6.07 Å². The fourth-order valence-corrected chi connectivity index (χ4v) is 2.79. The van der Waals surface area contributed by atoms with Crippen LogP contribution in [0.2, 0.25) is 0 Å². The van der Waals surface area contributed by atoms with E-state index in [1.165, 1.54) is 12.1 Å². The molecule has 1 aliphatic rings. The molecule has 1 aliphatic heterocycles. The van der Waals surface area contributed by atoms with Crippen LogP contribution in [-0.4, -0.2) is 24.0 Å². The number of anilines is 2. The second kappa shape index (κ2) is 7.09. The normalized spacial score (nSPS) is 14.9. The summed E-state index contributed by atoms with van der Waals surface area (Å²) in [6, 6.07) is 11.4. The highest BCUT2D eigenvalue weighted by Gasteiger charge is 2.25. The van der Waals surface area contributed by atoms with Gasteiger partial charge in [0.05, 0.1) is 5.56 Å². The summed E-state index contributed by atoms with van der Waals surface area (Å²) >= 11 is 0. The first-order valence-electron chi connectivity index (χ1n) is 7.83. The minimum atomic E-state index is -0.323. The van der Waals surface area contributed by atoms with Gasteiger partial charge in [0.2, 0.25) is 5.91 Å². The van der Waals surface area contributed by atoms with Gasteiger partial charge >= 0.3 is 0 Å². The highest BCUT2D eigenvalue weighted by atomic mass is 19.1. The van der Waals surface area contributed by atoms with Crippen molar-refractivity contribution >= 4 is 17.4 Å². The van der Waals surface area contributed by atoms with E-state index in [1.54, 1.807) is 24.4 Å². The molecular weight excluding hydrogens is 307 g/mol. The zero-order valence-corrected chi connectivity index (χ0v) is 13.1. The van der Waals surface area contributed by atoms with E-state index in [0.717, 1.165) is 31.7 Å². The molecule has 1 saturated heterocycles. The highest BCUT2D eigenvalue weighted by molar-refractivity contribution is 5.92. The van der Waals surface area contributed by atoms with Crippen molar-refractivity contribution in [2.75, 3.05) is 23.3 Å². The minimum Gasteiger partial charge on any atom is -0.357 e. The molecule has 2 heterocycles. The monoisotopic (exact) mass is 324 g/mol. The molecule has 0 bridgehead atoms. The molecular formula is C18H17FN4O. The van der Waals surface area contributed by atoms with Crippen LogP contribution in [0.5, 0.6) is 0 Å². The summed E-state index contributed by atoms with van der Waals surface area (Å²) in [5, 5.41) is 11.6. The van der Waals surface area contributed by atoms with Crippen LogP contribution in [0.15, 0.2) is 42.6 Å². The first-order chi connectivity index (χ1) is 11.7. The van der Waals surface area contributed by atoms with Crippen LogP contribution < -0.4 is 10.2 Å². The fourth-order valence-electron chi connectivity index (χ4n) is 2.79. The molecule has 0 saturated carbocycles. The Morgan fingerprint density at radius 1 is 1.21 bits per heavy atom. The molecule has 24 heavy (non-hydrogen) atoms. The fraction of sp³-hybridized carbons (Fsp3) is 0.278. The number of rotatable bonds is 3. The Morgan fingerprint density at radius 2 is 1.92 bits per heavy atom. The maximum atomic E-state index is 12.9. The molecule has 1 N–H and O–H groups in total. The van der Waals surface area contributed by atoms with E-state index in [2.05, 4.69) is 15.2 Å². The van der Waals surface area contributed by atoms with Gasteiger partial charge in [-0.2, -0.15) is 5.26 Å². The molecule has 122 valence electrons. The van der Waals surface area contributed by atoms with Crippen LogP contribution in [0.1, 0.15) is 18.4 Å². The third-order valence-corrected chi connectivity index (χ3v) is 4.18. The zero-order chi connectivity index (χ0) is 16.9. The van der Waals surface area contributed by atoms with E-state index >= 15 is 0 Å². The maximum absolute atomic E-state index is 12.9. The first-order valence-corrected chi connectivity index (χ1v) is 7.83. The molecule has 6 heteroatoms. The van der Waals surface area contributed by atoms with Gasteiger partial charge < -0.3 is 10.2 Å².